The van der Waals surface area contributed by atoms with Gasteiger partial charge in [-0.15, -0.1) is 0 Å². The molecular weight excluding hydrogens is 492 g/mol. The molecule has 6 aliphatic rings. The second-order valence-corrected chi connectivity index (χ2v) is 20.3. The Hall–Kier alpha value is 0. The molecule has 0 radical (unpaired) electrons. The van der Waals surface area contributed by atoms with Crippen molar-refractivity contribution in [3.8, 4) is 0 Å². The van der Waals surface area contributed by atoms with Crippen LogP contribution in [0.1, 0.15) is 210 Å². The van der Waals surface area contributed by atoms with Crippen LogP contribution in [0.25, 0.3) is 0 Å². The second kappa shape index (κ2) is 13.2. The molecule has 0 saturated heterocycles. The maximum Gasteiger partial charge on any atom is -0.0287 e. The molecule has 0 heteroatoms. The lowest BCUT2D eigenvalue weighted by atomic mass is 9.51. The van der Waals surface area contributed by atoms with E-state index in [1.807, 2.05) is 0 Å². The van der Waals surface area contributed by atoms with E-state index in [0.29, 0.717) is 21.7 Å². The van der Waals surface area contributed by atoms with E-state index in [1.165, 1.54) is 122 Å². The van der Waals surface area contributed by atoms with Crippen molar-refractivity contribution in [3.63, 3.8) is 0 Å². The van der Waals surface area contributed by atoms with Crippen LogP contribution in [0.5, 0.6) is 0 Å². The minimum absolute atomic E-state index is 0.572. The fourth-order valence-electron chi connectivity index (χ4n) is 11.6. The molecular formula is C41H76. The average Bonchev–Trinajstić information content (AvgIpc) is 3.34. The van der Waals surface area contributed by atoms with Gasteiger partial charge in [-0.2, -0.15) is 0 Å². The molecule has 6 saturated carbocycles. The summed E-state index contributed by atoms with van der Waals surface area (Å²) >= 11 is 0. The zero-order valence-electron chi connectivity index (χ0n) is 30.0. The monoisotopic (exact) mass is 569 g/mol. The van der Waals surface area contributed by atoms with Crippen molar-refractivity contribution in [1.29, 1.82) is 0 Å². The molecule has 0 aromatic carbocycles. The highest BCUT2D eigenvalue weighted by atomic mass is 14.5. The van der Waals surface area contributed by atoms with Crippen LogP contribution in [0.2, 0.25) is 0 Å². The van der Waals surface area contributed by atoms with Crippen LogP contribution in [0.3, 0.4) is 0 Å². The molecule has 240 valence electrons. The first kappa shape index (κ1) is 33.9. The van der Waals surface area contributed by atoms with Crippen LogP contribution in [0.15, 0.2) is 0 Å². The van der Waals surface area contributed by atoms with Crippen molar-refractivity contribution >= 4 is 0 Å². The SMILES string of the molecule is CC1CCC2(CC1)CC(C)(C)CC(C)(C)C2.CC1CCC2(CC1)CCC(C)(C)CC2.CC1CCC2(CCCC2)CC1. The molecule has 41 heavy (non-hydrogen) atoms. The predicted octanol–water partition coefficient (Wildman–Crippen LogP) is 14.0. The van der Waals surface area contributed by atoms with Crippen LogP contribution < -0.4 is 0 Å². The Morgan fingerprint density at radius 2 is 0.634 bits per heavy atom. The standard InChI is InChI=1S/C16H30.C14H26.C11H20/c1-13-6-8-16(9-7-13)11-14(2,3)10-15(4,5)12-16;1-12-4-6-14(7-5-12)10-8-13(2,3)9-11-14;1-10-4-8-11(9-5-10)6-2-3-7-11/h13H,6-12H2,1-5H3;12H,4-11H2,1-3H3;10H,2-9H2,1H3. The van der Waals surface area contributed by atoms with Crippen LogP contribution >= 0.6 is 0 Å². The smallest absolute Gasteiger partial charge is 0.0287 e. The van der Waals surface area contributed by atoms with Crippen molar-refractivity contribution in [2.24, 2.45) is 50.2 Å². The van der Waals surface area contributed by atoms with Crippen LogP contribution in [0.4, 0.5) is 0 Å². The molecule has 6 rings (SSSR count). The van der Waals surface area contributed by atoms with E-state index in [-0.39, 0.29) is 0 Å². The summed E-state index contributed by atoms with van der Waals surface area (Å²) in [5.41, 5.74) is 4.14. The van der Waals surface area contributed by atoms with E-state index >= 15 is 0 Å². The van der Waals surface area contributed by atoms with E-state index in [4.69, 9.17) is 0 Å². The highest BCUT2D eigenvalue weighted by Crippen LogP contribution is 2.60. The summed E-state index contributed by atoms with van der Waals surface area (Å²) < 4.78 is 0. The lowest BCUT2D eigenvalue weighted by Crippen LogP contribution is -2.43. The molecule has 0 amide bonds. The maximum absolute atomic E-state index is 2.49. The topological polar surface area (TPSA) is 0 Å². The third kappa shape index (κ3) is 9.74. The van der Waals surface area contributed by atoms with Gasteiger partial charge in [0.05, 0.1) is 0 Å². The zero-order chi connectivity index (χ0) is 30.0. The molecule has 6 aliphatic carbocycles. The minimum Gasteiger partial charge on any atom is -0.0625 e. The highest BCUT2D eigenvalue weighted by molar-refractivity contribution is 4.99. The van der Waals surface area contributed by atoms with Crippen molar-refractivity contribution in [1.82, 2.24) is 0 Å². The Kier molecular flexibility index (Phi) is 10.9. The van der Waals surface area contributed by atoms with Crippen molar-refractivity contribution < 1.29 is 0 Å². The van der Waals surface area contributed by atoms with E-state index in [0.717, 1.165) is 28.6 Å². The molecule has 0 bridgehead atoms. The molecule has 0 unspecified atom stereocenters. The Morgan fingerprint density at radius 1 is 0.317 bits per heavy atom. The molecule has 0 aliphatic heterocycles. The highest BCUT2D eigenvalue weighted by Gasteiger charge is 2.48. The van der Waals surface area contributed by atoms with Gasteiger partial charge in [0.1, 0.15) is 0 Å². The van der Waals surface area contributed by atoms with E-state index < -0.39 is 0 Å². The summed E-state index contributed by atoms with van der Waals surface area (Å²) in [6.45, 7) is 22.2. The fourth-order valence-corrected chi connectivity index (χ4v) is 11.6. The van der Waals surface area contributed by atoms with Gasteiger partial charge in [-0.05, 0) is 147 Å². The molecule has 0 heterocycles. The maximum atomic E-state index is 2.49. The largest absolute Gasteiger partial charge is 0.0625 e. The van der Waals surface area contributed by atoms with E-state index in [2.05, 4.69) is 62.3 Å². The van der Waals surface area contributed by atoms with Gasteiger partial charge in [-0.1, -0.05) is 114 Å². The van der Waals surface area contributed by atoms with Crippen molar-refractivity contribution in [2.75, 3.05) is 0 Å². The van der Waals surface area contributed by atoms with Gasteiger partial charge in [0, 0.05) is 0 Å². The molecule has 0 aromatic rings. The van der Waals surface area contributed by atoms with Gasteiger partial charge < -0.3 is 0 Å². The minimum atomic E-state index is 0.572. The number of hydrogen-bond acceptors (Lipinski definition) is 0. The molecule has 0 aromatic heterocycles. The Balaban J connectivity index is 0.000000144. The van der Waals surface area contributed by atoms with Gasteiger partial charge in [-0.3, -0.25) is 0 Å². The predicted molar refractivity (Wildman–Crippen MR) is 182 cm³/mol. The van der Waals surface area contributed by atoms with Crippen LogP contribution in [0, 0.1) is 50.2 Å². The number of hydrogen-bond donors (Lipinski definition) is 0. The quantitative estimate of drug-likeness (QED) is 0.272. The molecule has 0 atom stereocenters. The van der Waals surface area contributed by atoms with Crippen molar-refractivity contribution in [3.05, 3.63) is 0 Å². The van der Waals surface area contributed by atoms with Gasteiger partial charge in [-0.25, -0.2) is 0 Å². The first-order valence-electron chi connectivity index (χ1n) is 19.0. The van der Waals surface area contributed by atoms with Gasteiger partial charge in [0.25, 0.3) is 0 Å². The van der Waals surface area contributed by atoms with E-state index in [1.54, 1.807) is 25.7 Å². The Bertz CT molecular complexity index is 748. The van der Waals surface area contributed by atoms with Crippen LogP contribution in [-0.2, 0) is 0 Å². The summed E-state index contributed by atoms with van der Waals surface area (Å²) in [5, 5.41) is 0. The zero-order valence-corrected chi connectivity index (χ0v) is 30.0. The first-order valence-corrected chi connectivity index (χ1v) is 19.0. The second-order valence-electron chi connectivity index (χ2n) is 20.3. The summed E-state index contributed by atoms with van der Waals surface area (Å²) in [6.07, 6.45) is 34.7. The van der Waals surface area contributed by atoms with Gasteiger partial charge >= 0.3 is 0 Å². The lowest BCUT2D eigenvalue weighted by Gasteiger charge is -2.54. The summed E-state index contributed by atoms with van der Waals surface area (Å²) in [5.74, 6) is 3.02. The summed E-state index contributed by atoms with van der Waals surface area (Å²) in [7, 11) is 0. The Labute approximate surface area is 259 Å². The lowest BCUT2D eigenvalue weighted by molar-refractivity contribution is -0.0321. The Morgan fingerprint density at radius 3 is 1.00 bits per heavy atom. The van der Waals surface area contributed by atoms with Gasteiger partial charge in [0.2, 0.25) is 0 Å². The fraction of sp³-hybridized carbons (Fsp3) is 1.00. The molecule has 0 N–H and O–H groups in total. The van der Waals surface area contributed by atoms with Crippen molar-refractivity contribution in [2.45, 2.75) is 210 Å². The molecule has 6 fully saturated rings. The summed E-state index contributed by atoms with van der Waals surface area (Å²) in [4.78, 5) is 0. The molecule has 0 nitrogen and oxygen atoms in total. The molecule has 3 spiro atoms. The van der Waals surface area contributed by atoms with Gasteiger partial charge in [0.15, 0.2) is 0 Å². The first-order chi connectivity index (χ1) is 19.0. The van der Waals surface area contributed by atoms with E-state index in [9.17, 15) is 0 Å². The average molecular weight is 569 g/mol. The third-order valence-electron chi connectivity index (χ3n) is 14.0. The summed E-state index contributed by atoms with van der Waals surface area (Å²) in [6, 6.07) is 0. The normalized spacial score (nSPS) is 32.1. The number of rotatable bonds is 0. The third-order valence-corrected chi connectivity index (χ3v) is 14.0. The van der Waals surface area contributed by atoms with Crippen LogP contribution in [-0.4, -0.2) is 0 Å².